The first-order valence-corrected chi connectivity index (χ1v) is 9.03. The van der Waals surface area contributed by atoms with Crippen LogP contribution in [0.3, 0.4) is 0 Å². The van der Waals surface area contributed by atoms with Gasteiger partial charge in [0.05, 0.1) is 0 Å². The molecule has 2 aromatic rings. The molecule has 1 heterocycles. The third kappa shape index (κ3) is 3.41. The standard InChI is InChI=1S/C20H24FN3O2/c1-13-8-4-6-10-16(13)23(3)20(26)19-18(25)12-14(2)24(22-19)17-11-7-5-9-15(17)21/h5,7,9,11-13,16H,4,6,8,10H2,1-3H3. The number of rotatable bonds is 3. The largest absolute Gasteiger partial charge is 0.337 e. The first-order valence-electron chi connectivity index (χ1n) is 9.03. The van der Waals surface area contributed by atoms with Gasteiger partial charge in [-0.25, -0.2) is 9.07 Å². The number of carbonyl (C=O) groups excluding carboxylic acids is 1. The van der Waals surface area contributed by atoms with Crippen LogP contribution in [0, 0.1) is 18.7 Å². The Hall–Kier alpha value is -2.50. The van der Waals surface area contributed by atoms with Gasteiger partial charge in [-0.3, -0.25) is 9.59 Å². The number of aryl methyl sites for hydroxylation is 1. The average molecular weight is 357 g/mol. The van der Waals surface area contributed by atoms with Crippen molar-refractivity contribution < 1.29 is 9.18 Å². The van der Waals surface area contributed by atoms with E-state index in [1.54, 1.807) is 37.1 Å². The van der Waals surface area contributed by atoms with Crippen LogP contribution in [0.15, 0.2) is 35.1 Å². The number of benzene rings is 1. The molecule has 1 aromatic heterocycles. The van der Waals surface area contributed by atoms with Crippen LogP contribution in [0.2, 0.25) is 0 Å². The Morgan fingerprint density at radius 1 is 1.27 bits per heavy atom. The Morgan fingerprint density at radius 2 is 1.96 bits per heavy atom. The third-order valence-electron chi connectivity index (χ3n) is 5.27. The number of carbonyl (C=O) groups is 1. The number of hydrogen-bond donors (Lipinski definition) is 0. The van der Waals surface area contributed by atoms with Crippen molar-refractivity contribution in [2.45, 2.75) is 45.6 Å². The number of halogens is 1. The number of amides is 1. The molecule has 1 aromatic carbocycles. The van der Waals surface area contributed by atoms with Crippen LogP contribution < -0.4 is 5.43 Å². The predicted octanol–water partition coefficient (Wildman–Crippen LogP) is 3.33. The van der Waals surface area contributed by atoms with E-state index in [1.807, 2.05) is 0 Å². The summed E-state index contributed by atoms with van der Waals surface area (Å²) in [6.45, 7) is 3.80. The SMILES string of the molecule is Cc1cc(=O)c(C(=O)N(C)C2CCCCC2C)nn1-c1ccccc1F. The summed E-state index contributed by atoms with van der Waals surface area (Å²) < 4.78 is 15.5. The first kappa shape index (κ1) is 18.3. The molecule has 1 aliphatic rings. The maximum absolute atomic E-state index is 14.2. The van der Waals surface area contributed by atoms with Gasteiger partial charge in [-0.05, 0) is 37.8 Å². The lowest BCUT2D eigenvalue weighted by Crippen LogP contribution is -2.44. The van der Waals surface area contributed by atoms with Gasteiger partial charge in [-0.15, -0.1) is 0 Å². The van der Waals surface area contributed by atoms with Crippen molar-refractivity contribution in [3.63, 3.8) is 0 Å². The van der Waals surface area contributed by atoms with Crippen LogP contribution in [-0.2, 0) is 0 Å². The number of para-hydroxylation sites is 1. The monoisotopic (exact) mass is 357 g/mol. The highest BCUT2D eigenvalue weighted by Crippen LogP contribution is 2.27. The molecule has 0 radical (unpaired) electrons. The minimum atomic E-state index is -0.459. The molecule has 1 fully saturated rings. The molecule has 1 amide bonds. The summed E-state index contributed by atoms with van der Waals surface area (Å²) in [5.74, 6) is -0.477. The molecule has 3 rings (SSSR count). The maximum Gasteiger partial charge on any atom is 0.278 e. The summed E-state index contributed by atoms with van der Waals surface area (Å²) in [6.07, 6.45) is 4.25. The van der Waals surface area contributed by atoms with Crippen LogP contribution in [0.5, 0.6) is 0 Å². The highest BCUT2D eigenvalue weighted by molar-refractivity contribution is 5.92. The van der Waals surface area contributed by atoms with Gasteiger partial charge in [0.15, 0.2) is 5.69 Å². The zero-order chi connectivity index (χ0) is 18.8. The number of hydrogen-bond acceptors (Lipinski definition) is 3. The molecule has 0 N–H and O–H groups in total. The Balaban J connectivity index is 2.00. The zero-order valence-electron chi connectivity index (χ0n) is 15.4. The van der Waals surface area contributed by atoms with Crippen LogP contribution >= 0.6 is 0 Å². The lowest BCUT2D eigenvalue weighted by Gasteiger charge is -2.36. The molecular weight excluding hydrogens is 333 g/mol. The van der Waals surface area contributed by atoms with Gasteiger partial charge in [-0.1, -0.05) is 31.9 Å². The molecular formula is C20H24FN3O2. The first-order chi connectivity index (χ1) is 12.4. The predicted molar refractivity (Wildman–Crippen MR) is 98.0 cm³/mol. The minimum absolute atomic E-state index is 0.0978. The summed E-state index contributed by atoms with van der Waals surface area (Å²) >= 11 is 0. The highest BCUT2D eigenvalue weighted by atomic mass is 19.1. The Kier molecular flexibility index (Phi) is 5.20. The van der Waals surface area contributed by atoms with E-state index in [9.17, 15) is 14.0 Å². The lowest BCUT2D eigenvalue weighted by atomic mass is 9.85. The normalized spacial score (nSPS) is 20.0. The van der Waals surface area contributed by atoms with Gasteiger partial charge in [0.2, 0.25) is 5.43 Å². The van der Waals surface area contributed by atoms with Crippen LogP contribution in [0.25, 0.3) is 5.69 Å². The fourth-order valence-electron chi connectivity index (χ4n) is 3.75. The second-order valence-electron chi connectivity index (χ2n) is 7.11. The topological polar surface area (TPSA) is 55.2 Å². The molecule has 0 aliphatic heterocycles. The molecule has 2 unspecified atom stereocenters. The molecule has 1 saturated carbocycles. The summed E-state index contributed by atoms with van der Waals surface area (Å²) in [7, 11) is 1.73. The molecule has 0 saturated heterocycles. The van der Waals surface area contributed by atoms with Crippen LogP contribution in [-0.4, -0.2) is 33.7 Å². The van der Waals surface area contributed by atoms with E-state index in [0.29, 0.717) is 11.6 Å². The maximum atomic E-state index is 14.2. The van der Waals surface area contributed by atoms with E-state index in [-0.39, 0.29) is 17.4 Å². The van der Waals surface area contributed by atoms with Gasteiger partial charge in [-0.2, -0.15) is 5.10 Å². The van der Waals surface area contributed by atoms with Crippen molar-refractivity contribution in [1.82, 2.24) is 14.7 Å². The minimum Gasteiger partial charge on any atom is -0.337 e. The van der Waals surface area contributed by atoms with Crippen molar-refractivity contribution in [3.8, 4) is 5.69 Å². The van der Waals surface area contributed by atoms with Crippen LogP contribution in [0.4, 0.5) is 4.39 Å². The molecule has 5 nitrogen and oxygen atoms in total. The van der Waals surface area contributed by atoms with Crippen molar-refractivity contribution in [1.29, 1.82) is 0 Å². The molecule has 2 atom stereocenters. The van der Waals surface area contributed by atoms with Crippen molar-refractivity contribution in [2.24, 2.45) is 5.92 Å². The van der Waals surface area contributed by atoms with Crippen LogP contribution in [0.1, 0.15) is 48.8 Å². The average Bonchev–Trinajstić information content (AvgIpc) is 2.62. The quantitative estimate of drug-likeness (QED) is 0.847. The Morgan fingerprint density at radius 3 is 2.65 bits per heavy atom. The molecule has 6 heteroatoms. The van der Waals surface area contributed by atoms with Gasteiger partial charge >= 0.3 is 0 Å². The van der Waals surface area contributed by atoms with Gasteiger partial charge < -0.3 is 4.90 Å². The smallest absolute Gasteiger partial charge is 0.278 e. The molecule has 0 spiro atoms. The summed E-state index contributed by atoms with van der Waals surface area (Å²) in [6, 6.07) is 7.61. The second kappa shape index (κ2) is 7.40. The zero-order valence-corrected chi connectivity index (χ0v) is 15.4. The molecule has 1 aliphatic carbocycles. The Bertz CT molecular complexity index is 878. The highest BCUT2D eigenvalue weighted by Gasteiger charge is 2.30. The molecule has 138 valence electrons. The number of aromatic nitrogens is 2. The Labute approximate surface area is 152 Å². The van der Waals surface area contributed by atoms with Crippen molar-refractivity contribution in [3.05, 3.63) is 57.8 Å². The van der Waals surface area contributed by atoms with E-state index in [2.05, 4.69) is 12.0 Å². The van der Waals surface area contributed by atoms with E-state index in [1.165, 1.54) is 23.2 Å². The van der Waals surface area contributed by atoms with Gasteiger partial charge in [0.25, 0.3) is 5.91 Å². The van der Waals surface area contributed by atoms with Crippen molar-refractivity contribution in [2.75, 3.05) is 7.05 Å². The molecule has 0 bridgehead atoms. The lowest BCUT2D eigenvalue weighted by molar-refractivity contribution is 0.0619. The van der Waals surface area contributed by atoms with Gasteiger partial charge in [0.1, 0.15) is 11.5 Å². The van der Waals surface area contributed by atoms with Gasteiger partial charge in [0, 0.05) is 24.8 Å². The van der Waals surface area contributed by atoms with Crippen molar-refractivity contribution >= 4 is 5.91 Å². The fraction of sp³-hybridized carbons (Fsp3) is 0.450. The van der Waals surface area contributed by atoms with E-state index >= 15 is 0 Å². The van der Waals surface area contributed by atoms with E-state index in [4.69, 9.17) is 0 Å². The van der Waals surface area contributed by atoms with E-state index < -0.39 is 17.2 Å². The summed E-state index contributed by atoms with van der Waals surface area (Å²) in [5.41, 5.74) is 0.0904. The fourth-order valence-corrected chi connectivity index (χ4v) is 3.75. The second-order valence-corrected chi connectivity index (χ2v) is 7.11. The number of nitrogens with zero attached hydrogens (tertiary/aromatic N) is 3. The van der Waals surface area contributed by atoms with E-state index in [0.717, 1.165) is 19.3 Å². The molecule has 26 heavy (non-hydrogen) atoms. The summed E-state index contributed by atoms with van der Waals surface area (Å²) in [5, 5.41) is 4.22. The third-order valence-corrected chi connectivity index (χ3v) is 5.27. The summed E-state index contributed by atoms with van der Waals surface area (Å²) in [4.78, 5) is 27.0.